The molecule has 2 rings (SSSR count). The van der Waals surface area contributed by atoms with Crippen LogP contribution in [-0.2, 0) is 19.7 Å². The number of benzene rings is 2. The van der Waals surface area contributed by atoms with E-state index < -0.39 is 34.4 Å². The first-order chi connectivity index (χ1) is 13.6. The van der Waals surface area contributed by atoms with E-state index in [2.05, 4.69) is 10.1 Å². The number of esters is 1. The van der Waals surface area contributed by atoms with E-state index in [1.807, 2.05) is 0 Å². The minimum atomic E-state index is -4.18. The fourth-order valence-corrected chi connectivity index (χ4v) is 3.56. The summed E-state index contributed by atoms with van der Waals surface area (Å²) >= 11 is 6.04. The van der Waals surface area contributed by atoms with Crippen molar-refractivity contribution in [1.82, 2.24) is 4.31 Å². The maximum Gasteiger partial charge on any atom is 0.337 e. The highest BCUT2D eigenvalue weighted by Gasteiger charge is 2.29. The monoisotopic (exact) mass is 443 g/mol. The molecule has 2 aromatic rings. The molecule has 8 nitrogen and oxygen atoms in total. The van der Waals surface area contributed by atoms with Crippen LogP contribution in [0.4, 0.5) is 15.8 Å². The zero-order chi connectivity index (χ0) is 21.8. The summed E-state index contributed by atoms with van der Waals surface area (Å²) in [5, 5.41) is 2.56. The van der Waals surface area contributed by atoms with Crippen LogP contribution in [-0.4, -0.2) is 52.3 Å². The summed E-state index contributed by atoms with van der Waals surface area (Å²) in [6, 6.07) is 9.26. The summed E-state index contributed by atoms with van der Waals surface area (Å²) in [5.74, 6) is -2.24. The Morgan fingerprint density at radius 2 is 1.83 bits per heavy atom. The van der Waals surface area contributed by atoms with Crippen molar-refractivity contribution in [3.05, 3.63) is 58.9 Å². The third-order valence-electron chi connectivity index (χ3n) is 3.81. The lowest BCUT2D eigenvalue weighted by Crippen LogP contribution is -2.44. The lowest BCUT2D eigenvalue weighted by atomic mass is 10.2. The normalized spacial score (nSPS) is 11.2. The van der Waals surface area contributed by atoms with Crippen LogP contribution in [0.5, 0.6) is 0 Å². The lowest BCUT2D eigenvalue weighted by Gasteiger charge is -2.27. The molecule has 2 aromatic carbocycles. The highest BCUT2D eigenvalue weighted by molar-refractivity contribution is 7.90. The van der Waals surface area contributed by atoms with Gasteiger partial charge < -0.3 is 10.1 Å². The Bertz CT molecular complexity index is 1030. The average Bonchev–Trinajstić information content (AvgIpc) is 2.67. The van der Waals surface area contributed by atoms with Crippen molar-refractivity contribution in [1.29, 1.82) is 0 Å². The largest absolute Gasteiger partial charge is 0.465 e. The zero-order valence-corrected chi connectivity index (χ0v) is 17.4. The predicted molar refractivity (Wildman–Crippen MR) is 108 cm³/mol. The van der Waals surface area contributed by atoms with Crippen molar-refractivity contribution < 1.29 is 27.1 Å². The molecule has 0 spiro atoms. The number of nitrogens with one attached hydrogen (secondary N) is 1. The second kappa shape index (κ2) is 9.21. The van der Waals surface area contributed by atoms with Gasteiger partial charge in [0.1, 0.15) is 12.4 Å². The third kappa shape index (κ3) is 5.22. The topological polar surface area (TPSA) is 96.0 Å². The zero-order valence-electron chi connectivity index (χ0n) is 15.8. The van der Waals surface area contributed by atoms with Crippen LogP contribution < -0.4 is 9.62 Å². The Balaban J connectivity index is 2.34. The molecule has 0 aliphatic carbocycles. The minimum absolute atomic E-state index is 0.0790. The molecule has 0 atom stereocenters. The van der Waals surface area contributed by atoms with Crippen molar-refractivity contribution in [2.45, 2.75) is 0 Å². The van der Waals surface area contributed by atoms with Crippen LogP contribution in [0.3, 0.4) is 0 Å². The SMILES string of the molecule is COC(=O)c1ccc(Cl)c(NC(=O)CN(c2ccccc2F)S(=O)(=O)N(C)C)c1. The number of hydrogen-bond acceptors (Lipinski definition) is 5. The van der Waals surface area contributed by atoms with Crippen LogP contribution in [0.25, 0.3) is 0 Å². The molecule has 1 amide bonds. The van der Waals surface area contributed by atoms with E-state index in [1.165, 1.54) is 57.6 Å². The van der Waals surface area contributed by atoms with Gasteiger partial charge in [0.15, 0.2) is 0 Å². The quantitative estimate of drug-likeness (QED) is 0.663. The maximum atomic E-state index is 14.2. The molecule has 0 aliphatic heterocycles. The smallest absolute Gasteiger partial charge is 0.337 e. The second-order valence-corrected chi connectivity index (χ2v) is 8.46. The molecule has 0 unspecified atom stereocenters. The molecule has 0 bridgehead atoms. The molecule has 1 N–H and O–H groups in total. The number of ether oxygens (including phenoxy) is 1. The van der Waals surface area contributed by atoms with Crippen LogP contribution in [0, 0.1) is 5.82 Å². The first kappa shape index (κ1) is 22.6. The molecule has 0 aliphatic rings. The van der Waals surface area contributed by atoms with Gasteiger partial charge in [0, 0.05) is 14.1 Å². The standard InChI is InChI=1S/C18H19ClFN3O5S/c1-22(2)29(26,27)23(16-7-5-4-6-14(16)20)11-17(24)21-15-10-12(18(25)28-3)8-9-13(15)19/h4-10H,11H2,1-3H3,(H,21,24). The highest BCUT2D eigenvalue weighted by Crippen LogP contribution is 2.25. The molecule has 0 saturated heterocycles. The first-order valence-corrected chi connectivity index (χ1v) is 9.98. The van der Waals surface area contributed by atoms with E-state index in [0.717, 1.165) is 10.4 Å². The summed E-state index contributed by atoms with van der Waals surface area (Å²) in [6.07, 6.45) is 0. The number of para-hydroxylation sites is 1. The minimum Gasteiger partial charge on any atom is -0.465 e. The molecular weight excluding hydrogens is 425 g/mol. The molecule has 0 saturated carbocycles. The van der Waals surface area contributed by atoms with Gasteiger partial charge in [0.2, 0.25) is 5.91 Å². The number of carbonyl (C=O) groups excluding carboxylic acids is 2. The van der Waals surface area contributed by atoms with Crippen molar-refractivity contribution in [3.8, 4) is 0 Å². The summed E-state index contributed by atoms with van der Waals surface area (Å²) in [7, 11) is -0.453. The maximum absolute atomic E-state index is 14.2. The Morgan fingerprint density at radius 3 is 2.41 bits per heavy atom. The number of anilines is 2. The lowest BCUT2D eigenvalue weighted by molar-refractivity contribution is -0.114. The van der Waals surface area contributed by atoms with Crippen molar-refractivity contribution in [2.24, 2.45) is 0 Å². The Hall–Kier alpha value is -2.69. The van der Waals surface area contributed by atoms with E-state index in [1.54, 1.807) is 0 Å². The van der Waals surface area contributed by atoms with Gasteiger partial charge in [0.05, 0.1) is 29.1 Å². The molecule has 0 radical (unpaired) electrons. The Kier molecular flexibility index (Phi) is 7.17. The summed E-state index contributed by atoms with van der Waals surface area (Å²) < 4.78 is 45.6. The van der Waals surface area contributed by atoms with Crippen molar-refractivity contribution in [3.63, 3.8) is 0 Å². The fraction of sp³-hybridized carbons (Fsp3) is 0.222. The van der Waals surface area contributed by atoms with Gasteiger partial charge in [-0.2, -0.15) is 12.7 Å². The average molecular weight is 444 g/mol. The van der Waals surface area contributed by atoms with Gasteiger partial charge >= 0.3 is 16.2 Å². The molecule has 29 heavy (non-hydrogen) atoms. The Morgan fingerprint density at radius 1 is 1.17 bits per heavy atom. The highest BCUT2D eigenvalue weighted by atomic mass is 35.5. The van der Waals surface area contributed by atoms with E-state index in [0.29, 0.717) is 4.31 Å². The van der Waals surface area contributed by atoms with Gasteiger partial charge in [-0.1, -0.05) is 23.7 Å². The summed E-state index contributed by atoms with van der Waals surface area (Å²) in [6.45, 7) is -0.722. The predicted octanol–water partition coefficient (Wildman–Crippen LogP) is 2.52. The number of nitrogens with zero attached hydrogens (tertiary/aromatic N) is 2. The van der Waals surface area contributed by atoms with Gasteiger partial charge in [-0.25, -0.2) is 13.5 Å². The van der Waals surface area contributed by atoms with E-state index in [-0.39, 0.29) is 22.0 Å². The number of amides is 1. The third-order valence-corrected chi connectivity index (χ3v) is 5.95. The molecule has 156 valence electrons. The molecule has 11 heteroatoms. The first-order valence-electron chi connectivity index (χ1n) is 8.20. The number of halogens is 2. The number of carbonyl (C=O) groups is 2. The molecular formula is C18H19ClFN3O5S. The second-order valence-electron chi connectivity index (χ2n) is 5.98. The van der Waals surface area contributed by atoms with Crippen molar-refractivity contribution >= 4 is 45.1 Å². The van der Waals surface area contributed by atoms with Crippen LogP contribution in [0.2, 0.25) is 5.02 Å². The van der Waals surface area contributed by atoms with Crippen LogP contribution >= 0.6 is 11.6 Å². The van der Waals surface area contributed by atoms with Gasteiger partial charge in [-0.05, 0) is 30.3 Å². The summed E-state index contributed by atoms with van der Waals surface area (Å²) in [5.41, 5.74) is -0.0693. The molecule has 0 aromatic heterocycles. The fourth-order valence-electron chi connectivity index (χ4n) is 2.33. The number of methoxy groups -OCH3 is 1. The van der Waals surface area contributed by atoms with Gasteiger partial charge in [-0.3, -0.25) is 4.79 Å². The Labute approximate surface area is 173 Å². The van der Waals surface area contributed by atoms with Crippen LogP contribution in [0.1, 0.15) is 10.4 Å². The summed E-state index contributed by atoms with van der Waals surface area (Å²) in [4.78, 5) is 24.2. The van der Waals surface area contributed by atoms with Crippen molar-refractivity contribution in [2.75, 3.05) is 37.4 Å². The number of rotatable bonds is 7. The number of hydrogen-bond donors (Lipinski definition) is 1. The molecule has 0 fully saturated rings. The van der Waals surface area contributed by atoms with Gasteiger partial charge in [-0.15, -0.1) is 0 Å². The van der Waals surface area contributed by atoms with E-state index in [9.17, 15) is 22.4 Å². The van der Waals surface area contributed by atoms with Gasteiger partial charge in [0.25, 0.3) is 0 Å². The van der Waals surface area contributed by atoms with E-state index in [4.69, 9.17) is 11.6 Å². The van der Waals surface area contributed by atoms with Crippen LogP contribution in [0.15, 0.2) is 42.5 Å². The molecule has 0 heterocycles. The van der Waals surface area contributed by atoms with E-state index >= 15 is 0 Å².